The van der Waals surface area contributed by atoms with E-state index in [1.54, 1.807) is 0 Å². The minimum absolute atomic E-state index is 0.628. The lowest BCUT2D eigenvalue weighted by molar-refractivity contribution is 0.157. The minimum Gasteiger partial charge on any atom is -0.376 e. The van der Waals surface area contributed by atoms with E-state index in [1.165, 1.54) is 0 Å². The quantitative estimate of drug-likeness (QED) is 0.610. The fourth-order valence-corrected chi connectivity index (χ4v) is 1.87. The van der Waals surface area contributed by atoms with Crippen LogP contribution in [0.2, 0.25) is 5.02 Å². The summed E-state index contributed by atoms with van der Waals surface area (Å²) in [6.45, 7) is 8.63. The van der Waals surface area contributed by atoms with E-state index in [2.05, 4.69) is 27.8 Å². The van der Waals surface area contributed by atoms with Gasteiger partial charge in [-0.2, -0.15) is 0 Å². The zero-order valence-electron chi connectivity index (χ0n) is 9.93. The zero-order chi connectivity index (χ0) is 12.7. The van der Waals surface area contributed by atoms with Crippen LogP contribution in [0.1, 0.15) is 12.5 Å². The van der Waals surface area contributed by atoms with Gasteiger partial charge in [0.15, 0.2) is 0 Å². The van der Waals surface area contributed by atoms with Crippen LogP contribution < -0.4 is 5.32 Å². The summed E-state index contributed by atoms with van der Waals surface area (Å²) in [5.74, 6) is 0. The molecule has 2 nitrogen and oxygen atoms in total. The fraction of sp³-hybridized carbons (Fsp3) is 0.385. The van der Waals surface area contributed by atoms with E-state index in [-0.39, 0.29) is 0 Å². The predicted molar refractivity (Wildman–Crippen MR) is 76.5 cm³/mol. The molecule has 0 unspecified atom stereocenters. The van der Waals surface area contributed by atoms with E-state index in [4.69, 9.17) is 16.3 Å². The molecular weight excluding hydrogens is 302 g/mol. The molecule has 0 saturated carbocycles. The summed E-state index contributed by atoms with van der Waals surface area (Å²) in [5, 5.41) is 4.05. The third-order valence-corrected chi connectivity index (χ3v) is 3.10. The lowest BCUT2D eigenvalue weighted by Crippen LogP contribution is -2.19. The summed E-state index contributed by atoms with van der Waals surface area (Å²) in [5.41, 5.74) is 2.19. The maximum Gasteiger partial charge on any atom is 0.0672 e. The molecule has 0 atom stereocenters. The summed E-state index contributed by atoms with van der Waals surface area (Å²) in [6.07, 6.45) is 0. The molecule has 0 radical (unpaired) electrons. The van der Waals surface area contributed by atoms with Crippen molar-refractivity contribution in [1.29, 1.82) is 0 Å². The Labute approximate surface area is 116 Å². The third kappa shape index (κ3) is 6.22. The van der Waals surface area contributed by atoms with Crippen LogP contribution in [0.15, 0.2) is 34.8 Å². The number of rotatable bonds is 7. The van der Waals surface area contributed by atoms with Gasteiger partial charge in [0.05, 0.1) is 13.2 Å². The van der Waals surface area contributed by atoms with Crippen molar-refractivity contribution in [2.24, 2.45) is 0 Å². The van der Waals surface area contributed by atoms with Gasteiger partial charge in [-0.1, -0.05) is 39.7 Å². The summed E-state index contributed by atoms with van der Waals surface area (Å²) in [7, 11) is 0. The van der Waals surface area contributed by atoms with Gasteiger partial charge in [-0.15, -0.1) is 0 Å². The van der Waals surface area contributed by atoms with Gasteiger partial charge in [0.25, 0.3) is 0 Å². The highest BCUT2D eigenvalue weighted by Crippen LogP contribution is 2.20. The Bertz CT molecular complexity index is 382. The zero-order valence-corrected chi connectivity index (χ0v) is 12.3. The largest absolute Gasteiger partial charge is 0.376 e. The van der Waals surface area contributed by atoms with Crippen LogP contribution in [0.4, 0.5) is 0 Å². The van der Waals surface area contributed by atoms with Crippen LogP contribution in [-0.4, -0.2) is 19.8 Å². The first-order valence-corrected chi connectivity index (χ1v) is 6.63. The lowest BCUT2D eigenvalue weighted by atomic mass is 10.2. The monoisotopic (exact) mass is 317 g/mol. The Hall–Kier alpha value is -0.350. The highest BCUT2D eigenvalue weighted by Gasteiger charge is 2.00. The second-order valence-corrected chi connectivity index (χ2v) is 5.21. The van der Waals surface area contributed by atoms with Gasteiger partial charge in [-0.05, 0) is 30.7 Å². The molecule has 1 N–H and O–H groups in total. The number of hydrogen-bond acceptors (Lipinski definition) is 2. The number of ether oxygens (including phenoxy) is 1. The summed E-state index contributed by atoms with van der Waals surface area (Å²) in [4.78, 5) is 0. The van der Waals surface area contributed by atoms with E-state index >= 15 is 0 Å². The normalized spacial score (nSPS) is 10.5. The maximum atomic E-state index is 5.93. The second kappa shape index (κ2) is 7.88. The van der Waals surface area contributed by atoms with Crippen LogP contribution in [0.5, 0.6) is 0 Å². The Morgan fingerprint density at radius 2 is 2.29 bits per heavy atom. The minimum atomic E-state index is 0.628. The molecule has 0 aliphatic carbocycles. The molecule has 1 aromatic carbocycles. The Kier molecular flexibility index (Phi) is 6.82. The first-order chi connectivity index (χ1) is 8.09. The summed E-state index contributed by atoms with van der Waals surface area (Å²) >= 11 is 9.42. The maximum absolute atomic E-state index is 5.93. The molecule has 0 heterocycles. The summed E-state index contributed by atoms with van der Waals surface area (Å²) < 4.78 is 6.45. The van der Waals surface area contributed by atoms with Crippen LogP contribution in [-0.2, 0) is 11.3 Å². The van der Waals surface area contributed by atoms with E-state index in [0.717, 1.165) is 33.7 Å². The number of nitrogens with one attached hydrogen (secondary N) is 1. The van der Waals surface area contributed by atoms with Gasteiger partial charge >= 0.3 is 0 Å². The number of benzene rings is 1. The van der Waals surface area contributed by atoms with Crippen molar-refractivity contribution in [2.45, 2.75) is 13.5 Å². The van der Waals surface area contributed by atoms with Crippen LogP contribution >= 0.6 is 27.5 Å². The average molecular weight is 319 g/mol. The SMILES string of the molecule is C=C(C)COCCNCc1cc(Cl)ccc1Br. The van der Waals surface area contributed by atoms with Crippen LogP contribution in [0.25, 0.3) is 0 Å². The molecule has 1 rings (SSSR count). The van der Waals surface area contributed by atoms with Crippen molar-refractivity contribution in [3.8, 4) is 0 Å². The van der Waals surface area contributed by atoms with Gasteiger partial charge in [0, 0.05) is 22.6 Å². The Morgan fingerprint density at radius 3 is 3.00 bits per heavy atom. The van der Waals surface area contributed by atoms with Crippen molar-refractivity contribution < 1.29 is 4.74 Å². The van der Waals surface area contributed by atoms with Gasteiger partial charge in [0.2, 0.25) is 0 Å². The third-order valence-electron chi connectivity index (χ3n) is 2.09. The fourth-order valence-electron chi connectivity index (χ4n) is 1.29. The molecular formula is C13H17BrClNO. The number of hydrogen-bond donors (Lipinski definition) is 1. The predicted octanol–water partition coefficient (Wildman–Crippen LogP) is 3.78. The highest BCUT2D eigenvalue weighted by molar-refractivity contribution is 9.10. The molecule has 0 aromatic heterocycles. The van der Waals surface area contributed by atoms with Gasteiger partial charge in [-0.3, -0.25) is 0 Å². The molecule has 0 fully saturated rings. The molecule has 0 amide bonds. The van der Waals surface area contributed by atoms with E-state index < -0.39 is 0 Å². The van der Waals surface area contributed by atoms with Crippen LogP contribution in [0.3, 0.4) is 0 Å². The number of halogens is 2. The molecule has 1 aromatic rings. The van der Waals surface area contributed by atoms with Crippen molar-refractivity contribution in [3.05, 3.63) is 45.4 Å². The van der Waals surface area contributed by atoms with Crippen molar-refractivity contribution >= 4 is 27.5 Å². The Morgan fingerprint density at radius 1 is 1.53 bits per heavy atom. The molecule has 0 spiro atoms. The van der Waals surface area contributed by atoms with Crippen molar-refractivity contribution in [2.75, 3.05) is 19.8 Å². The topological polar surface area (TPSA) is 21.3 Å². The molecule has 4 heteroatoms. The highest BCUT2D eigenvalue weighted by atomic mass is 79.9. The first-order valence-electron chi connectivity index (χ1n) is 5.46. The van der Waals surface area contributed by atoms with Crippen LogP contribution in [0, 0.1) is 0 Å². The van der Waals surface area contributed by atoms with E-state index in [9.17, 15) is 0 Å². The standard InChI is InChI=1S/C13H17BrClNO/c1-10(2)9-17-6-5-16-8-11-7-12(15)3-4-13(11)14/h3-4,7,16H,1,5-6,8-9H2,2H3. The van der Waals surface area contributed by atoms with Gasteiger partial charge in [0.1, 0.15) is 0 Å². The van der Waals surface area contributed by atoms with Gasteiger partial charge in [-0.25, -0.2) is 0 Å². The smallest absolute Gasteiger partial charge is 0.0672 e. The van der Waals surface area contributed by atoms with E-state index in [0.29, 0.717) is 13.2 Å². The average Bonchev–Trinajstić information content (AvgIpc) is 2.27. The molecule has 94 valence electrons. The summed E-state index contributed by atoms with van der Waals surface area (Å²) in [6, 6.07) is 5.77. The second-order valence-electron chi connectivity index (χ2n) is 3.92. The molecule has 0 aliphatic rings. The Balaban J connectivity index is 2.22. The molecule has 0 bridgehead atoms. The van der Waals surface area contributed by atoms with E-state index in [1.807, 2.05) is 25.1 Å². The molecule has 0 aliphatic heterocycles. The molecule has 17 heavy (non-hydrogen) atoms. The lowest BCUT2D eigenvalue weighted by Gasteiger charge is -2.08. The van der Waals surface area contributed by atoms with Gasteiger partial charge < -0.3 is 10.1 Å². The van der Waals surface area contributed by atoms with Crippen molar-refractivity contribution in [1.82, 2.24) is 5.32 Å². The van der Waals surface area contributed by atoms with Crippen molar-refractivity contribution in [3.63, 3.8) is 0 Å². The molecule has 0 saturated heterocycles. The first kappa shape index (κ1) is 14.7.